The number of halogens is 1. The van der Waals surface area contributed by atoms with Crippen LogP contribution in [-0.2, 0) is 149 Å². The molecule has 0 radical (unpaired) electrons. The maximum atomic E-state index is 11.8. The fourth-order valence-corrected chi connectivity index (χ4v) is 14.5. The normalized spacial score (nSPS) is 24.0. The molecule has 4 fully saturated rings. The number of nitro groups is 2. The van der Waals surface area contributed by atoms with Crippen molar-refractivity contribution in [2.75, 3.05) is 83.3 Å². The first-order valence-electron chi connectivity index (χ1n) is 42.7. The van der Waals surface area contributed by atoms with E-state index in [1.165, 1.54) is 90.1 Å². The largest absolute Gasteiger partial charge is 1.00 e. The molecule has 0 unspecified atom stereocenters. The van der Waals surface area contributed by atoms with Gasteiger partial charge in [-0.1, -0.05) is 41.5 Å². The van der Waals surface area contributed by atoms with Crippen molar-refractivity contribution in [1.29, 1.82) is 0 Å². The first-order chi connectivity index (χ1) is 63.3. The molecule has 4 saturated heterocycles. The number of rotatable bonds is 46. The van der Waals surface area contributed by atoms with E-state index in [0.29, 0.717) is 32.1 Å². The standard InChI is InChI=1S/C22H29NO11.C20H34O11S.C15H26O7.C14H26O11S.C7H4ClNO4.C3H9NO3S.3Na/c1-5-18-13(2)19(31-14(3)24)20(32-15(4)25)21(34-18)29-11-6-12-30-22(26)33-17-9-7-16(8-10-17)23(27)28;1-5-16-13(2)18(29-14(3)21)19(30-15(4)22)20(31-16)28-11-8-10-27-17(23)9-6-7-12-32(24,25)26;1-5-12-9(2)13(20-10(3)17)14(21-11(4)18)15(22-12)19-8-6-7-16;15-8-9-11(17)12(18)13(19)14(25-9)24-6-3-5-23-10(16)4-1-2-7-26(20,21)22;8-7(10)13-6-3-1-5(2-4-6)9(11)12;4-2-1-3-8(5,6)7;;;/h7-10,13,18-21H,5-6,11-12H2,1-4H3;13,16,18-20H,5-12H2,1-4H3,(H,24,25,26);9,12-16H,5-8H2,1-4H3;9,11-15,17-19H,1-8H2,(H,20,21,22);1-4H;1-4H2,(H,5,6,7);;;/q;;;;;;3*+1/p-3/t13-,18-,19+,20-,21-;13-,16-,18+,19-,20-;9-,12-,13+,14-,15-;9-,11-,12+,13-,14-;;;;;/m1111...../s1. The molecule has 2 aromatic carbocycles. The van der Waals surface area contributed by atoms with Gasteiger partial charge in [0, 0.05) is 151 Å². The van der Waals surface area contributed by atoms with Gasteiger partial charge >= 0.3 is 148 Å². The van der Waals surface area contributed by atoms with Crippen LogP contribution in [0, 0.1) is 38.0 Å². The molecule has 0 saturated carbocycles. The number of carbonyl (C=O) groups excluding carboxylic acids is 10. The van der Waals surface area contributed by atoms with Crippen molar-refractivity contribution in [2.45, 2.75) is 277 Å². The van der Waals surface area contributed by atoms with E-state index in [-0.39, 0.29) is 271 Å². The molecule has 50 nitrogen and oxygen atoms in total. The SMILES string of the molecule is CC[C@H]1O[C@@H](OCCCO)[C@H](OC(C)=O)[C@@H](OC(C)=O)[C@@H]1C.CC[C@H]1O[C@@H](OCCCOC(=O)CCCCS(=O)(=O)[O-])[C@H](OC(C)=O)[C@@H](OC(C)=O)[C@@H]1C.CC[C@H]1O[C@@H](OCCCOC(=O)Oc2ccc([N+](=O)[O-])cc2)[C@H](OC(C)=O)[C@@H](OC(C)=O)[C@@H]1C.NCCCS(=O)(=O)[O-].O=C(CCCCS(=O)(=O)[O-])OCCCO[C@@H]1O[C@H](CO)[C@@H](O)[C@H](O)[C@H]1O.O=C(Cl)Oc1ccc([N+](=O)[O-])cc1.[Na+].[Na+].[Na+]. The number of benzene rings is 2. The van der Waals surface area contributed by atoms with Crippen LogP contribution in [0.2, 0.25) is 0 Å². The fourth-order valence-electron chi connectivity index (χ4n) is 12.7. The molecule has 7 N–H and O–H groups in total. The molecule has 0 aliphatic carbocycles. The number of carbonyl (C=O) groups is 10. The summed E-state index contributed by atoms with van der Waals surface area (Å²) in [5, 5.41) is 67.7. The van der Waals surface area contributed by atoms with E-state index < -0.39 is 204 Å². The summed E-state index contributed by atoms with van der Waals surface area (Å²) in [6.07, 6.45) is -11.8. The number of nitrogens with zero attached hydrogens (tertiary/aromatic N) is 2. The minimum atomic E-state index is -4.28. The van der Waals surface area contributed by atoms with Gasteiger partial charge in [-0.2, -0.15) is 0 Å². The third-order valence-electron chi connectivity index (χ3n) is 19.1. The van der Waals surface area contributed by atoms with Crippen LogP contribution in [0.4, 0.5) is 21.0 Å². The number of ether oxygens (including phenoxy) is 19. The van der Waals surface area contributed by atoms with Gasteiger partial charge < -0.3 is 135 Å². The van der Waals surface area contributed by atoms with Crippen LogP contribution in [0.25, 0.3) is 0 Å². The predicted octanol–water partition coefficient (Wildman–Crippen LogP) is -4.87. The van der Waals surface area contributed by atoms with Gasteiger partial charge in [-0.15, -0.1) is 0 Å². The number of aliphatic hydroxyl groups excluding tert-OH is 5. The molecule has 4 aliphatic rings. The molecule has 774 valence electrons. The van der Waals surface area contributed by atoms with Gasteiger partial charge in [0.15, 0.2) is 43.5 Å². The molecular weight excluding hydrogens is 1970 g/mol. The van der Waals surface area contributed by atoms with Gasteiger partial charge in [0.1, 0.15) is 54.2 Å². The van der Waals surface area contributed by atoms with Crippen LogP contribution in [0.5, 0.6) is 11.5 Å². The molecule has 4 heterocycles. The Morgan fingerprint density at radius 3 is 0.964 bits per heavy atom. The molecule has 2 aromatic rings. The summed E-state index contributed by atoms with van der Waals surface area (Å²) >= 11 is 4.92. The molecule has 0 aromatic heterocycles. The van der Waals surface area contributed by atoms with Crippen molar-refractivity contribution in [3.63, 3.8) is 0 Å². The van der Waals surface area contributed by atoms with Crippen LogP contribution >= 0.6 is 11.6 Å². The summed E-state index contributed by atoms with van der Waals surface area (Å²) in [6, 6.07) is 9.98. The Morgan fingerprint density at radius 1 is 0.399 bits per heavy atom. The monoisotopic (exact) mass is 2090 g/mol. The average Bonchev–Trinajstić information content (AvgIpc) is 0.802. The molecule has 6 rings (SSSR count). The topological polar surface area (TPSA) is 731 Å². The first-order valence-corrected chi connectivity index (χ1v) is 47.8. The minimum Gasteiger partial charge on any atom is -0.748 e. The van der Waals surface area contributed by atoms with Crippen molar-refractivity contribution >= 4 is 113 Å². The Kier molecular flexibility index (Phi) is 72.4. The Balaban J connectivity index is -0.00000164. The number of unbranched alkanes of at least 4 members (excludes halogenated alkanes) is 2. The zero-order chi connectivity index (χ0) is 102. The molecule has 0 bridgehead atoms. The second-order valence-electron chi connectivity index (χ2n) is 30.0. The molecule has 20 atom stereocenters. The third kappa shape index (κ3) is 58.8. The molecule has 4 aliphatic heterocycles. The van der Waals surface area contributed by atoms with E-state index in [4.69, 9.17) is 113 Å². The minimum absolute atomic E-state index is 0. The molecule has 57 heteroatoms. The molecule has 0 amide bonds. The Labute approximate surface area is 870 Å². The zero-order valence-corrected chi connectivity index (χ0v) is 88.9. The number of nitrogens with two attached hydrogens (primary N) is 1. The van der Waals surface area contributed by atoms with Crippen LogP contribution in [-0.4, -0.2) is 321 Å². The van der Waals surface area contributed by atoms with Gasteiger partial charge in [-0.3, -0.25) is 58.6 Å². The van der Waals surface area contributed by atoms with E-state index in [0.717, 1.165) is 0 Å². The number of aliphatic hydroxyl groups is 5. The van der Waals surface area contributed by atoms with Crippen molar-refractivity contribution in [2.24, 2.45) is 23.5 Å². The van der Waals surface area contributed by atoms with Gasteiger partial charge in [-0.25, -0.2) is 34.8 Å². The van der Waals surface area contributed by atoms with Gasteiger partial charge in [0.05, 0.1) is 111 Å². The Hall–Kier alpha value is -5.80. The molecule has 138 heavy (non-hydrogen) atoms. The summed E-state index contributed by atoms with van der Waals surface area (Å²) in [7, 11) is -12.6. The summed E-state index contributed by atoms with van der Waals surface area (Å²) in [5.74, 6) is -5.81. The van der Waals surface area contributed by atoms with Crippen LogP contribution < -0.4 is 104 Å². The van der Waals surface area contributed by atoms with E-state index in [1.54, 1.807) is 0 Å². The van der Waals surface area contributed by atoms with E-state index in [9.17, 15) is 122 Å². The fraction of sp³-hybridized carbons (Fsp3) is 0.728. The van der Waals surface area contributed by atoms with Crippen molar-refractivity contribution in [3.05, 3.63) is 68.8 Å². The number of hydrogen-bond donors (Lipinski definition) is 6. The Bertz CT molecular complexity index is 4290. The first kappa shape index (κ1) is 136. The predicted molar refractivity (Wildman–Crippen MR) is 458 cm³/mol. The van der Waals surface area contributed by atoms with Gasteiger partial charge in [0.25, 0.3) is 11.4 Å². The van der Waals surface area contributed by atoms with E-state index in [1.807, 2.05) is 41.5 Å². The summed E-state index contributed by atoms with van der Waals surface area (Å²) in [4.78, 5) is 134. The number of esters is 8. The second kappa shape index (κ2) is 73.3. The van der Waals surface area contributed by atoms with Crippen LogP contribution in [0.15, 0.2) is 48.5 Å². The summed E-state index contributed by atoms with van der Waals surface area (Å²) in [6.45, 7) is 19.2. The van der Waals surface area contributed by atoms with E-state index >= 15 is 0 Å². The summed E-state index contributed by atoms with van der Waals surface area (Å²) in [5.41, 5.74) is 3.75. The summed E-state index contributed by atoms with van der Waals surface area (Å²) < 4.78 is 194. The maximum Gasteiger partial charge on any atom is 1.00 e. The van der Waals surface area contributed by atoms with Gasteiger partial charge in [-0.05, 0) is 88.6 Å². The number of hydrogen-bond acceptors (Lipinski definition) is 48. The maximum absolute atomic E-state index is 11.8. The molecular formula is C81H125ClN3Na3O47S3. The zero-order valence-electron chi connectivity index (χ0n) is 79.7. The number of non-ortho nitro benzene ring substituents is 2. The van der Waals surface area contributed by atoms with Gasteiger partial charge in [0.2, 0.25) is 0 Å². The Morgan fingerprint density at radius 2 is 0.688 bits per heavy atom. The number of nitro benzene ring substituents is 2. The second-order valence-corrected chi connectivity index (χ2v) is 34.9. The smallest absolute Gasteiger partial charge is 0.748 e. The van der Waals surface area contributed by atoms with Crippen molar-refractivity contribution in [1.82, 2.24) is 0 Å². The average molecular weight is 2090 g/mol. The van der Waals surface area contributed by atoms with Crippen molar-refractivity contribution in [3.8, 4) is 11.5 Å². The quantitative estimate of drug-likeness (QED) is 0.00417. The van der Waals surface area contributed by atoms with Crippen molar-refractivity contribution < 1.29 is 301 Å². The molecule has 0 spiro atoms. The van der Waals surface area contributed by atoms with Crippen LogP contribution in [0.3, 0.4) is 0 Å². The van der Waals surface area contributed by atoms with Crippen LogP contribution in [0.1, 0.15) is 173 Å². The third-order valence-corrected chi connectivity index (χ3v) is 21.5. The van der Waals surface area contributed by atoms with E-state index in [2.05, 4.69) is 4.74 Å².